The van der Waals surface area contributed by atoms with E-state index in [4.69, 9.17) is 16.3 Å². The Balaban J connectivity index is 2.09. The number of ether oxygens (including phenoxy) is 1. The van der Waals surface area contributed by atoms with Gasteiger partial charge in [-0.05, 0) is 11.6 Å². The van der Waals surface area contributed by atoms with E-state index in [0.717, 1.165) is 0 Å². The third-order valence-electron chi connectivity index (χ3n) is 2.84. The number of rotatable bonds is 3. The number of anilines is 1. The van der Waals surface area contributed by atoms with Gasteiger partial charge in [-0.1, -0.05) is 41.9 Å². The van der Waals surface area contributed by atoms with Crippen LogP contribution in [-0.4, -0.2) is 11.2 Å². The molecule has 0 aliphatic heterocycles. The molecule has 2 aromatic carbocycles. The Kier molecular flexibility index (Phi) is 5.00. The van der Waals surface area contributed by atoms with E-state index in [1.54, 1.807) is 30.3 Å². The molecule has 0 atom stereocenters. The van der Waals surface area contributed by atoms with Gasteiger partial charge in [0, 0.05) is 6.07 Å². The Labute approximate surface area is 134 Å². The molecule has 4 nitrogen and oxygen atoms in total. The molecule has 2 rings (SSSR count). The van der Waals surface area contributed by atoms with Crippen LogP contribution in [0.4, 0.5) is 23.7 Å². The van der Waals surface area contributed by atoms with Crippen molar-refractivity contribution < 1.29 is 27.8 Å². The standard InChI is InChI=1S/C15H11ClF3NO3/c16-11-7-13(21)12(6-10(11)15(17,18)19)20-14(22)23-8-9-4-2-1-3-5-9/h1-7,21H,8H2,(H,20,22). The van der Waals surface area contributed by atoms with Gasteiger partial charge in [0.15, 0.2) is 0 Å². The van der Waals surface area contributed by atoms with Crippen molar-refractivity contribution in [2.45, 2.75) is 12.8 Å². The highest BCUT2D eigenvalue weighted by molar-refractivity contribution is 6.31. The molecule has 0 aliphatic rings. The fourth-order valence-corrected chi connectivity index (χ4v) is 2.01. The molecular weight excluding hydrogens is 335 g/mol. The molecule has 8 heteroatoms. The SMILES string of the molecule is O=C(Nc1cc(C(F)(F)F)c(Cl)cc1O)OCc1ccccc1. The first-order chi connectivity index (χ1) is 10.8. The zero-order valence-electron chi connectivity index (χ0n) is 11.5. The van der Waals surface area contributed by atoms with Gasteiger partial charge in [-0.2, -0.15) is 13.2 Å². The number of halogens is 4. The van der Waals surface area contributed by atoms with Gasteiger partial charge < -0.3 is 9.84 Å². The second-order valence-corrected chi connectivity index (χ2v) is 4.94. The summed E-state index contributed by atoms with van der Waals surface area (Å²) in [5.74, 6) is -0.598. The van der Waals surface area contributed by atoms with Crippen LogP contribution in [0.5, 0.6) is 5.75 Å². The van der Waals surface area contributed by atoms with Crippen molar-refractivity contribution in [1.82, 2.24) is 0 Å². The van der Waals surface area contributed by atoms with E-state index >= 15 is 0 Å². The van der Waals surface area contributed by atoms with Crippen molar-refractivity contribution in [1.29, 1.82) is 0 Å². The van der Waals surface area contributed by atoms with E-state index in [9.17, 15) is 23.1 Å². The number of alkyl halides is 3. The molecule has 0 aliphatic carbocycles. The highest BCUT2D eigenvalue weighted by atomic mass is 35.5. The van der Waals surface area contributed by atoms with Crippen LogP contribution in [0.2, 0.25) is 5.02 Å². The third-order valence-corrected chi connectivity index (χ3v) is 3.15. The molecule has 23 heavy (non-hydrogen) atoms. The summed E-state index contributed by atoms with van der Waals surface area (Å²) in [6.07, 6.45) is -5.71. The average Bonchev–Trinajstić information content (AvgIpc) is 2.48. The van der Waals surface area contributed by atoms with Gasteiger partial charge in [-0.15, -0.1) is 0 Å². The van der Waals surface area contributed by atoms with Crippen molar-refractivity contribution in [3.05, 3.63) is 58.6 Å². The number of phenolic OH excluding ortho intramolecular Hbond substituents is 1. The van der Waals surface area contributed by atoms with Crippen LogP contribution in [0.15, 0.2) is 42.5 Å². The summed E-state index contributed by atoms with van der Waals surface area (Å²) in [6.45, 7) is -0.0623. The summed E-state index contributed by atoms with van der Waals surface area (Å²) in [7, 11) is 0. The molecule has 122 valence electrons. The van der Waals surface area contributed by atoms with Crippen LogP contribution in [0.25, 0.3) is 0 Å². The van der Waals surface area contributed by atoms with Gasteiger partial charge in [-0.3, -0.25) is 5.32 Å². The molecule has 0 radical (unpaired) electrons. The first kappa shape index (κ1) is 17.0. The number of benzene rings is 2. The van der Waals surface area contributed by atoms with Crippen LogP contribution in [0, 0.1) is 0 Å². The Morgan fingerprint density at radius 3 is 2.48 bits per heavy atom. The molecule has 0 spiro atoms. The van der Waals surface area contributed by atoms with E-state index in [0.29, 0.717) is 17.7 Å². The lowest BCUT2D eigenvalue weighted by molar-refractivity contribution is -0.137. The van der Waals surface area contributed by atoms with Gasteiger partial charge in [0.25, 0.3) is 0 Å². The summed E-state index contributed by atoms with van der Waals surface area (Å²) in [5.41, 5.74) is -0.908. The van der Waals surface area contributed by atoms with E-state index < -0.39 is 34.3 Å². The molecule has 0 heterocycles. The Morgan fingerprint density at radius 2 is 1.87 bits per heavy atom. The van der Waals surface area contributed by atoms with E-state index in [1.165, 1.54) is 0 Å². The number of amides is 1. The molecule has 2 N–H and O–H groups in total. The smallest absolute Gasteiger partial charge is 0.417 e. The van der Waals surface area contributed by atoms with Crippen LogP contribution < -0.4 is 5.32 Å². The van der Waals surface area contributed by atoms with Crippen molar-refractivity contribution in [2.24, 2.45) is 0 Å². The normalized spacial score (nSPS) is 11.1. The summed E-state index contributed by atoms with van der Waals surface area (Å²) in [6, 6.07) is 9.96. The lowest BCUT2D eigenvalue weighted by Crippen LogP contribution is -2.15. The molecule has 0 saturated carbocycles. The monoisotopic (exact) mass is 345 g/mol. The van der Waals surface area contributed by atoms with E-state index in [1.807, 2.05) is 0 Å². The van der Waals surface area contributed by atoms with Crippen LogP contribution in [0.1, 0.15) is 11.1 Å². The molecule has 0 fully saturated rings. The van der Waals surface area contributed by atoms with Gasteiger partial charge in [0.2, 0.25) is 0 Å². The Morgan fingerprint density at radius 1 is 1.22 bits per heavy atom. The lowest BCUT2D eigenvalue weighted by Gasteiger charge is -2.13. The maximum absolute atomic E-state index is 12.8. The Bertz CT molecular complexity index is 705. The van der Waals surface area contributed by atoms with Crippen LogP contribution in [-0.2, 0) is 17.5 Å². The molecular formula is C15H11ClF3NO3. The molecule has 0 unspecified atom stereocenters. The van der Waals surface area contributed by atoms with Crippen LogP contribution >= 0.6 is 11.6 Å². The number of carbonyl (C=O) groups is 1. The third kappa shape index (κ3) is 4.53. The minimum Gasteiger partial charge on any atom is -0.506 e. The highest BCUT2D eigenvalue weighted by Gasteiger charge is 2.34. The number of aromatic hydroxyl groups is 1. The van der Waals surface area contributed by atoms with Gasteiger partial charge in [0.05, 0.1) is 16.3 Å². The molecule has 0 bridgehead atoms. The predicted molar refractivity (Wildman–Crippen MR) is 78.4 cm³/mol. The van der Waals surface area contributed by atoms with Crippen molar-refractivity contribution in [3.63, 3.8) is 0 Å². The highest BCUT2D eigenvalue weighted by Crippen LogP contribution is 2.39. The number of hydrogen-bond acceptors (Lipinski definition) is 3. The zero-order valence-corrected chi connectivity index (χ0v) is 12.3. The fourth-order valence-electron chi connectivity index (χ4n) is 1.75. The maximum Gasteiger partial charge on any atom is 0.417 e. The summed E-state index contributed by atoms with van der Waals surface area (Å²) < 4.78 is 43.1. The molecule has 0 saturated heterocycles. The largest absolute Gasteiger partial charge is 0.506 e. The fraction of sp³-hybridized carbons (Fsp3) is 0.133. The predicted octanol–water partition coefficient (Wildman–Crippen LogP) is 4.81. The maximum atomic E-state index is 12.8. The quantitative estimate of drug-likeness (QED) is 0.785. The van der Waals surface area contributed by atoms with Gasteiger partial charge in [0.1, 0.15) is 12.4 Å². The van der Waals surface area contributed by atoms with E-state index in [-0.39, 0.29) is 6.61 Å². The second-order valence-electron chi connectivity index (χ2n) is 4.53. The van der Waals surface area contributed by atoms with Crippen molar-refractivity contribution in [2.75, 3.05) is 5.32 Å². The summed E-state index contributed by atoms with van der Waals surface area (Å²) >= 11 is 5.44. The second kappa shape index (κ2) is 6.78. The number of carbonyl (C=O) groups excluding carboxylic acids is 1. The van der Waals surface area contributed by atoms with Gasteiger partial charge in [-0.25, -0.2) is 4.79 Å². The zero-order chi connectivity index (χ0) is 17.0. The van der Waals surface area contributed by atoms with Crippen molar-refractivity contribution >= 4 is 23.4 Å². The first-order valence-electron chi connectivity index (χ1n) is 6.35. The number of hydrogen-bond donors (Lipinski definition) is 2. The number of phenols is 1. The topological polar surface area (TPSA) is 58.6 Å². The van der Waals surface area contributed by atoms with Crippen molar-refractivity contribution in [3.8, 4) is 5.75 Å². The van der Waals surface area contributed by atoms with Crippen LogP contribution in [0.3, 0.4) is 0 Å². The molecule has 1 amide bonds. The summed E-state index contributed by atoms with van der Waals surface area (Å²) in [4.78, 5) is 11.6. The minimum absolute atomic E-state index is 0.0623. The Hall–Kier alpha value is -2.41. The first-order valence-corrected chi connectivity index (χ1v) is 6.72. The van der Waals surface area contributed by atoms with Gasteiger partial charge >= 0.3 is 12.3 Å². The minimum atomic E-state index is -4.71. The molecule has 2 aromatic rings. The average molecular weight is 346 g/mol. The summed E-state index contributed by atoms with van der Waals surface area (Å²) in [5, 5.41) is 11.0. The van der Waals surface area contributed by atoms with E-state index in [2.05, 4.69) is 5.32 Å². The lowest BCUT2D eigenvalue weighted by atomic mass is 10.1. The number of nitrogens with one attached hydrogen (secondary N) is 1. The molecule has 0 aromatic heterocycles.